The predicted octanol–water partition coefficient (Wildman–Crippen LogP) is 3.90. The number of hydrogen-bond donors (Lipinski definition) is 1. The van der Waals surface area contributed by atoms with E-state index in [1.807, 2.05) is 0 Å². The zero-order chi connectivity index (χ0) is 14.5. The van der Waals surface area contributed by atoms with Crippen LogP contribution < -0.4 is 5.43 Å². The number of fused-ring (bicyclic) bond motifs is 1. The minimum Gasteiger partial charge on any atom is -0.348 e. The quantitative estimate of drug-likeness (QED) is 0.572. The Kier molecular flexibility index (Phi) is 3.16. The molecule has 0 amide bonds. The maximum Gasteiger partial charge on any atom is 0.431 e. The Morgan fingerprint density at radius 2 is 1.84 bits per heavy atom. The summed E-state index contributed by atoms with van der Waals surface area (Å²) >= 11 is 2.69. The molecular weight excluding hydrogens is 337 g/mol. The normalized spacial score (nSPS) is 12.2. The molecule has 0 saturated carbocycles. The minimum absolute atomic E-state index is 0.331. The average molecular weight is 342 g/mol. The van der Waals surface area contributed by atoms with Crippen molar-refractivity contribution >= 4 is 26.8 Å². The van der Waals surface area contributed by atoms with Crippen molar-refractivity contribution in [1.29, 1.82) is 0 Å². The monoisotopic (exact) mass is 341 g/mol. The Morgan fingerprint density at radius 1 is 1.26 bits per heavy atom. The van der Waals surface area contributed by atoms with Crippen molar-refractivity contribution in [1.82, 2.24) is 4.98 Å². The van der Waals surface area contributed by atoms with Gasteiger partial charge in [0.2, 0.25) is 0 Å². The molecule has 2 aromatic rings. The third-order valence-corrected chi connectivity index (χ3v) is 3.22. The maximum absolute atomic E-state index is 13.7. The lowest BCUT2D eigenvalue weighted by molar-refractivity contribution is -0.141. The molecule has 0 aliphatic heterocycles. The molecule has 102 valence electrons. The highest BCUT2D eigenvalue weighted by molar-refractivity contribution is 9.10. The van der Waals surface area contributed by atoms with E-state index in [0.29, 0.717) is 6.07 Å². The maximum atomic E-state index is 13.7. The predicted molar refractivity (Wildman–Crippen MR) is 61.9 cm³/mol. The van der Waals surface area contributed by atoms with Crippen LogP contribution in [0.25, 0.3) is 10.9 Å². The van der Waals surface area contributed by atoms with Crippen LogP contribution in [0.5, 0.6) is 0 Å². The van der Waals surface area contributed by atoms with Crippen molar-refractivity contribution in [2.24, 2.45) is 0 Å². The topological polar surface area (TPSA) is 32.9 Å². The second kappa shape index (κ2) is 4.29. The number of rotatable bonds is 0. The first-order valence-corrected chi connectivity index (χ1v) is 5.71. The fourth-order valence-corrected chi connectivity index (χ4v) is 2.13. The number of pyridine rings is 1. The van der Waals surface area contributed by atoms with Gasteiger partial charge in [0.25, 0.3) is 0 Å². The van der Waals surface area contributed by atoms with E-state index in [4.69, 9.17) is 0 Å². The molecule has 1 aromatic heterocycles. The van der Waals surface area contributed by atoms with Gasteiger partial charge in [-0.15, -0.1) is 0 Å². The van der Waals surface area contributed by atoms with Crippen LogP contribution in [0.15, 0.2) is 15.3 Å². The molecule has 0 bridgehead atoms. The third kappa shape index (κ3) is 2.13. The summed E-state index contributed by atoms with van der Waals surface area (Å²) in [4.78, 5) is 13.5. The Labute approximate surface area is 111 Å². The summed E-state index contributed by atoms with van der Waals surface area (Å²) in [6.07, 6.45) is -4.85. The van der Waals surface area contributed by atoms with Gasteiger partial charge in [-0.2, -0.15) is 13.2 Å². The van der Waals surface area contributed by atoms with E-state index in [-0.39, 0.29) is 4.47 Å². The average Bonchev–Trinajstić information content (AvgIpc) is 2.28. The summed E-state index contributed by atoms with van der Waals surface area (Å²) in [6, 6.07) is 0.656. The number of aromatic amines is 1. The van der Waals surface area contributed by atoms with Crippen molar-refractivity contribution in [3.05, 3.63) is 43.7 Å². The summed E-state index contributed by atoms with van der Waals surface area (Å²) in [5, 5.41) is -0.739. The van der Waals surface area contributed by atoms with Crippen LogP contribution in [0.4, 0.5) is 22.0 Å². The third-order valence-electron chi connectivity index (χ3n) is 2.65. The lowest BCUT2D eigenvalue weighted by Crippen LogP contribution is -2.20. The van der Waals surface area contributed by atoms with E-state index in [1.165, 1.54) is 0 Å². The molecule has 0 atom stereocenters. The largest absolute Gasteiger partial charge is 0.431 e. The zero-order valence-corrected chi connectivity index (χ0v) is 10.8. The van der Waals surface area contributed by atoms with E-state index in [0.717, 1.165) is 6.92 Å². The molecule has 8 heteroatoms. The summed E-state index contributed by atoms with van der Waals surface area (Å²) in [5.41, 5.74) is -4.09. The van der Waals surface area contributed by atoms with Crippen molar-refractivity contribution in [2.45, 2.75) is 13.1 Å². The second-order valence-electron chi connectivity index (χ2n) is 3.86. The van der Waals surface area contributed by atoms with E-state index < -0.39 is 45.4 Å². The second-order valence-corrected chi connectivity index (χ2v) is 4.71. The fraction of sp³-hybridized carbons (Fsp3) is 0.182. The molecule has 0 fully saturated rings. The van der Waals surface area contributed by atoms with Crippen LogP contribution in [0, 0.1) is 18.6 Å². The standard InChI is InChI=1S/C11H5BrF5NO/c1-3-9(19)6-7(14)4(12)2-5(13)8(6)18-10(3)11(15,16)17/h2H,1H3,(H,18,19). The first-order chi connectivity index (χ1) is 8.64. The Balaban J connectivity index is 3.06. The highest BCUT2D eigenvalue weighted by atomic mass is 79.9. The smallest absolute Gasteiger partial charge is 0.348 e. The molecule has 2 nitrogen and oxygen atoms in total. The number of nitrogens with one attached hydrogen (secondary N) is 1. The first kappa shape index (κ1) is 14.0. The van der Waals surface area contributed by atoms with Crippen LogP contribution in [0.2, 0.25) is 0 Å². The summed E-state index contributed by atoms with van der Waals surface area (Å²) in [6.45, 7) is 0.902. The van der Waals surface area contributed by atoms with Crippen molar-refractivity contribution in [3.63, 3.8) is 0 Å². The molecule has 0 radical (unpaired) electrons. The molecule has 1 heterocycles. The molecule has 1 aromatic carbocycles. The van der Waals surface area contributed by atoms with Gasteiger partial charge in [0.15, 0.2) is 11.2 Å². The molecule has 0 aliphatic carbocycles. The minimum atomic E-state index is -4.85. The van der Waals surface area contributed by atoms with Crippen molar-refractivity contribution in [2.75, 3.05) is 0 Å². The van der Waals surface area contributed by atoms with E-state index >= 15 is 0 Å². The lowest BCUT2D eigenvalue weighted by atomic mass is 10.1. The molecule has 0 spiro atoms. The highest BCUT2D eigenvalue weighted by Crippen LogP contribution is 2.32. The van der Waals surface area contributed by atoms with Gasteiger partial charge in [-0.1, -0.05) is 0 Å². The molecule has 19 heavy (non-hydrogen) atoms. The SMILES string of the molecule is Cc1c(C(F)(F)F)[nH]c2c(F)cc(Br)c(F)c2c1=O. The van der Waals surface area contributed by atoms with Gasteiger partial charge in [-0.3, -0.25) is 4.79 Å². The van der Waals surface area contributed by atoms with Crippen molar-refractivity contribution in [3.8, 4) is 0 Å². The van der Waals surface area contributed by atoms with Crippen LogP contribution in [0.1, 0.15) is 11.3 Å². The van der Waals surface area contributed by atoms with Crippen LogP contribution in [-0.4, -0.2) is 4.98 Å². The van der Waals surface area contributed by atoms with E-state index in [9.17, 15) is 26.7 Å². The zero-order valence-electron chi connectivity index (χ0n) is 9.25. The Morgan fingerprint density at radius 3 is 2.37 bits per heavy atom. The van der Waals surface area contributed by atoms with Crippen LogP contribution in [-0.2, 0) is 6.18 Å². The summed E-state index contributed by atoms with van der Waals surface area (Å²) in [5.74, 6) is -2.25. The number of aromatic nitrogens is 1. The van der Waals surface area contributed by atoms with Gasteiger partial charge in [0, 0.05) is 5.56 Å². The highest BCUT2D eigenvalue weighted by Gasteiger charge is 2.35. The van der Waals surface area contributed by atoms with Gasteiger partial charge >= 0.3 is 6.18 Å². The molecule has 0 saturated heterocycles. The van der Waals surface area contributed by atoms with Gasteiger partial charge in [0.1, 0.15) is 11.5 Å². The molecule has 0 unspecified atom stereocenters. The number of alkyl halides is 3. The Hall–Kier alpha value is -1.44. The van der Waals surface area contributed by atoms with Gasteiger partial charge < -0.3 is 4.98 Å². The Bertz CT molecular complexity index is 735. The molecule has 1 N–H and O–H groups in total. The van der Waals surface area contributed by atoms with Crippen molar-refractivity contribution < 1.29 is 22.0 Å². The molecule has 2 rings (SSSR count). The van der Waals surface area contributed by atoms with E-state index in [1.54, 1.807) is 4.98 Å². The fourth-order valence-electron chi connectivity index (χ4n) is 1.73. The number of hydrogen-bond acceptors (Lipinski definition) is 1. The van der Waals surface area contributed by atoms with E-state index in [2.05, 4.69) is 15.9 Å². The number of halogens is 6. The lowest BCUT2D eigenvalue weighted by Gasteiger charge is -2.12. The number of H-pyrrole nitrogens is 1. The van der Waals surface area contributed by atoms with Gasteiger partial charge in [0.05, 0.1) is 15.4 Å². The molecule has 0 aliphatic rings. The van der Waals surface area contributed by atoms with Gasteiger partial charge in [-0.25, -0.2) is 8.78 Å². The first-order valence-electron chi connectivity index (χ1n) is 4.92. The number of benzene rings is 1. The van der Waals surface area contributed by atoms with Crippen LogP contribution in [0.3, 0.4) is 0 Å². The van der Waals surface area contributed by atoms with Crippen LogP contribution >= 0.6 is 15.9 Å². The summed E-state index contributed by atoms with van der Waals surface area (Å²) < 4.78 is 65.0. The molecular formula is C11H5BrF5NO. The van der Waals surface area contributed by atoms with Gasteiger partial charge in [-0.05, 0) is 28.9 Å². The summed E-state index contributed by atoms with van der Waals surface area (Å²) in [7, 11) is 0.